The lowest BCUT2D eigenvalue weighted by Crippen LogP contribution is -2.62. The molecule has 1 heterocycles. The third kappa shape index (κ3) is 12.5. The molecule has 0 spiro atoms. The van der Waals surface area contributed by atoms with E-state index in [1.165, 1.54) is 30.2 Å². The molecule has 1 saturated heterocycles. The first-order valence-corrected chi connectivity index (χ1v) is 20.1. The van der Waals surface area contributed by atoms with Crippen LogP contribution >= 0.6 is 11.6 Å². The SMILES string of the molecule is C=CCNC(=O)C(=O)C(CCCC)NC(=O)[C@@H]1[C@@H](C(C)C)CCN1C(=O)[C@@H](NC(=O)N[C@H](CN(C)S(=O)(=O)c1cccc(Cl)c1)C(C)(C)C)C(C)(C)C. The Labute approximate surface area is 321 Å². The number of ketones is 1. The van der Waals surface area contributed by atoms with Gasteiger partial charge in [-0.2, -0.15) is 4.31 Å². The van der Waals surface area contributed by atoms with Crippen LogP contribution in [0.2, 0.25) is 5.02 Å². The molecule has 1 aromatic carbocycles. The van der Waals surface area contributed by atoms with Gasteiger partial charge in [0.2, 0.25) is 27.6 Å². The second-order valence-corrected chi connectivity index (χ2v) is 18.8. The smallest absolute Gasteiger partial charge is 0.315 e. The zero-order valence-corrected chi connectivity index (χ0v) is 34.6. The van der Waals surface area contributed by atoms with Crippen molar-refractivity contribution in [3.63, 3.8) is 0 Å². The van der Waals surface area contributed by atoms with Crippen LogP contribution in [-0.4, -0.2) is 98.0 Å². The summed E-state index contributed by atoms with van der Waals surface area (Å²) in [4.78, 5) is 69.5. The number of rotatable bonds is 17. The first-order chi connectivity index (χ1) is 24.5. The molecule has 53 heavy (non-hydrogen) atoms. The Morgan fingerprint density at radius 1 is 1.04 bits per heavy atom. The maximum Gasteiger partial charge on any atom is 0.315 e. The van der Waals surface area contributed by atoms with Gasteiger partial charge in [-0.1, -0.05) is 98.9 Å². The molecule has 4 N–H and O–H groups in total. The summed E-state index contributed by atoms with van der Waals surface area (Å²) in [7, 11) is -2.52. The maximum atomic E-state index is 14.5. The van der Waals surface area contributed by atoms with Crippen molar-refractivity contribution < 1.29 is 32.4 Å². The predicted octanol–water partition coefficient (Wildman–Crippen LogP) is 4.51. The van der Waals surface area contributed by atoms with Gasteiger partial charge in [-0.05, 0) is 53.7 Å². The molecule has 1 aromatic rings. The van der Waals surface area contributed by atoms with E-state index in [9.17, 15) is 32.4 Å². The van der Waals surface area contributed by atoms with E-state index in [4.69, 9.17) is 11.6 Å². The zero-order valence-electron chi connectivity index (χ0n) is 33.0. The van der Waals surface area contributed by atoms with Gasteiger partial charge in [0.1, 0.15) is 12.1 Å². The van der Waals surface area contributed by atoms with E-state index in [0.717, 1.165) is 10.7 Å². The first kappa shape index (κ1) is 45.7. The number of urea groups is 1. The van der Waals surface area contributed by atoms with Gasteiger partial charge in [0.05, 0.1) is 10.9 Å². The number of nitrogens with zero attached hydrogens (tertiary/aromatic N) is 2. The summed E-state index contributed by atoms with van der Waals surface area (Å²) in [6.45, 7) is 20.7. The second kappa shape index (κ2) is 19.2. The van der Waals surface area contributed by atoms with E-state index in [2.05, 4.69) is 27.8 Å². The van der Waals surface area contributed by atoms with Crippen LogP contribution in [0.1, 0.15) is 88.0 Å². The Balaban J connectivity index is 2.36. The number of sulfonamides is 1. The van der Waals surface area contributed by atoms with Crippen molar-refractivity contribution in [3.05, 3.63) is 41.9 Å². The van der Waals surface area contributed by atoms with E-state index in [1.807, 2.05) is 41.5 Å². The normalized spacial score (nSPS) is 18.2. The minimum atomic E-state index is -3.95. The number of halogens is 1. The molecule has 0 radical (unpaired) electrons. The van der Waals surface area contributed by atoms with Crippen LogP contribution < -0.4 is 21.3 Å². The van der Waals surface area contributed by atoms with Gasteiger partial charge in [0.15, 0.2) is 0 Å². The number of hydrogen-bond donors (Lipinski definition) is 4. The number of unbranched alkanes of at least 4 members (excludes halogenated alkanes) is 1. The highest BCUT2D eigenvalue weighted by Gasteiger charge is 2.48. The predicted molar refractivity (Wildman–Crippen MR) is 208 cm³/mol. The number of likely N-dealkylation sites (tertiary alicyclic amines) is 1. The maximum absolute atomic E-state index is 14.5. The molecular weight excluding hydrogens is 720 g/mol. The largest absolute Gasteiger partial charge is 0.346 e. The molecule has 298 valence electrons. The van der Waals surface area contributed by atoms with Crippen molar-refractivity contribution in [3.8, 4) is 0 Å². The van der Waals surface area contributed by atoms with Crippen LogP contribution in [0.3, 0.4) is 0 Å². The van der Waals surface area contributed by atoms with Gasteiger partial charge in [-0.25, -0.2) is 13.2 Å². The minimum absolute atomic E-state index is 0.00121. The number of hydrogen-bond acceptors (Lipinski definition) is 7. The highest BCUT2D eigenvalue weighted by molar-refractivity contribution is 7.89. The molecule has 2 rings (SSSR count). The lowest BCUT2D eigenvalue weighted by atomic mass is 9.84. The monoisotopic (exact) mass is 780 g/mol. The highest BCUT2D eigenvalue weighted by atomic mass is 35.5. The van der Waals surface area contributed by atoms with Crippen LogP contribution in [0.15, 0.2) is 41.8 Å². The van der Waals surface area contributed by atoms with E-state index in [0.29, 0.717) is 12.8 Å². The third-order valence-electron chi connectivity index (χ3n) is 9.65. The summed E-state index contributed by atoms with van der Waals surface area (Å²) >= 11 is 6.06. The van der Waals surface area contributed by atoms with Crippen LogP contribution in [-0.2, 0) is 29.2 Å². The average Bonchev–Trinajstić information content (AvgIpc) is 3.52. The molecule has 5 amide bonds. The fraction of sp³-hybridized carbons (Fsp3) is 0.658. The van der Waals surface area contributed by atoms with Crippen LogP contribution in [0, 0.1) is 22.7 Å². The van der Waals surface area contributed by atoms with Gasteiger partial charge in [0.25, 0.3) is 5.91 Å². The van der Waals surface area contributed by atoms with Crippen molar-refractivity contribution in [1.82, 2.24) is 30.5 Å². The fourth-order valence-electron chi connectivity index (χ4n) is 6.29. The number of likely N-dealkylation sites (N-methyl/N-ethyl adjacent to an activating group) is 1. The summed E-state index contributed by atoms with van der Waals surface area (Å²) in [6, 6.07) is 1.47. The number of benzene rings is 1. The van der Waals surface area contributed by atoms with Gasteiger partial charge in [-0.3, -0.25) is 19.2 Å². The molecule has 1 aliphatic rings. The number of carbonyl (C=O) groups excluding carboxylic acids is 5. The van der Waals surface area contributed by atoms with Gasteiger partial charge in [-0.15, -0.1) is 6.58 Å². The zero-order chi connectivity index (χ0) is 40.5. The Bertz CT molecular complexity index is 1590. The standard InChI is InChI=1S/C38H61ClN6O7S/c1-12-14-18-28(31(46)34(48)40-20-13-2)41-33(47)30-27(24(3)4)19-21-45(30)35(49)32(38(8,9)10)43-36(50)42-29(37(5,6)7)23-44(11)53(51,52)26-17-15-16-25(39)22-26/h13,15-17,22,24,27-30,32H,2,12,14,18-21,23H2,1,3-11H3,(H,40,48)(H,41,47)(H2,42,43,50)/t27-,28?,29-,30+,32-/m1/s1. The number of Topliss-reactive ketones (excluding diaryl/α,β-unsaturated/α-hetero) is 1. The molecule has 0 bridgehead atoms. The number of nitrogens with one attached hydrogen (secondary N) is 4. The molecule has 1 unspecified atom stereocenters. The molecule has 0 aliphatic carbocycles. The molecular formula is C38H61ClN6O7S. The van der Waals surface area contributed by atoms with E-state index >= 15 is 0 Å². The molecule has 5 atom stereocenters. The van der Waals surface area contributed by atoms with Crippen molar-refractivity contribution in [1.29, 1.82) is 0 Å². The summed E-state index contributed by atoms with van der Waals surface area (Å²) in [5.74, 6) is -2.83. The third-order valence-corrected chi connectivity index (χ3v) is 11.7. The molecule has 1 fully saturated rings. The lowest BCUT2D eigenvalue weighted by Gasteiger charge is -2.38. The summed E-state index contributed by atoms with van der Waals surface area (Å²) in [5.41, 5.74) is -1.41. The molecule has 0 saturated carbocycles. The van der Waals surface area contributed by atoms with Gasteiger partial charge < -0.3 is 26.2 Å². The van der Waals surface area contributed by atoms with Gasteiger partial charge >= 0.3 is 6.03 Å². The molecule has 0 aromatic heterocycles. The van der Waals surface area contributed by atoms with Crippen LogP contribution in [0.5, 0.6) is 0 Å². The lowest BCUT2D eigenvalue weighted by molar-refractivity contribution is -0.144. The summed E-state index contributed by atoms with van der Waals surface area (Å²) in [6.07, 6.45) is 3.57. The molecule has 13 nitrogen and oxygen atoms in total. The van der Waals surface area contributed by atoms with Crippen molar-refractivity contribution in [2.75, 3.05) is 26.7 Å². The highest BCUT2D eigenvalue weighted by Crippen LogP contribution is 2.34. The average molecular weight is 781 g/mol. The van der Waals surface area contributed by atoms with E-state index in [1.54, 1.807) is 32.9 Å². The number of carbonyl (C=O) groups is 5. The minimum Gasteiger partial charge on any atom is -0.346 e. The second-order valence-electron chi connectivity index (χ2n) is 16.3. The topological polar surface area (TPSA) is 174 Å². The van der Waals surface area contributed by atoms with E-state index < -0.39 is 74.6 Å². The van der Waals surface area contributed by atoms with Crippen molar-refractivity contribution in [2.24, 2.45) is 22.7 Å². The Kier molecular flexibility index (Phi) is 16.5. The van der Waals surface area contributed by atoms with E-state index in [-0.39, 0.29) is 47.8 Å². The number of amides is 5. The Morgan fingerprint density at radius 2 is 1.68 bits per heavy atom. The van der Waals surface area contributed by atoms with Crippen LogP contribution in [0.4, 0.5) is 4.79 Å². The summed E-state index contributed by atoms with van der Waals surface area (Å²) in [5, 5.41) is 11.3. The molecule has 15 heteroatoms. The first-order valence-electron chi connectivity index (χ1n) is 18.3. The Morgan fingerprint density at radius 3 is 2.21 bits per heavy atom. The Hall–Kier alpha value is -3.49. The molecule has 1 aliphatic heterocycles. The van der Waals surface area contributed by atoms with Crippen molar-refractivity contribution >= 4 is 51.2 Å². The van der Waals surface area contributed by atoms with Crippen LogP contribution in [0.25, 0.3) is 0 Å². The van der Waals surface area contributed by atoms with Gasteiger partial charge in [0, 0.05) is 37.7 Å². The summed E-state index contributed by atoms with van der Waals surface area (Å²) < 4.78 is 27.9. The quantitative estimate of drug-likeness (QED) is 0.133. The fourth-order valence-corrected chi connectivity index (χ4v) is 7.77. The van der Waals surface area contributed by atoms with Crippen molar-refractivity contribution in [2.45, 2.75) is 117 Å².